The number of carbonyl (C=O) groups is 1. The van der Waals surface area contributed by atoms with Gasteiger partial charge in [0.15, 0.2) is 5.76 Å². The lowest BCUT2D eigenvalue weighted by molar-refractivity contribution is 0.0240. The van der Waals surface area contributed by atoms with Crippen LogP contribution < -0.4 is 5.32 Å². The number of phenolic OH excluding ortho intramolecular Hbond substituents is 1. The Labute approximate surface area is 173 Å². The van der Waals surface area contributed by atoms with Gasteiger partial charge in [-0.15, -0.1) is 11.3 Å². The van der Waals surface area contributed by atoms with Gasteiger partial charge in [0.2, 0.25) is 0 Å². The zero-order valence-electron chi connectivity index (χ0n) is 16.5. The van der Waals surface area contributed by atoms with Gasteiger partial charge in [-0.3, -0.25) is 9.69 Å². The fourth-order valence-electron chi connectivity index (χ4n) is 3.73. The first-order valence-electron chi connectivity index (χ1n) is 9.60. The van der Waals surface area contributed by atoms with Crippen molar-refractivity contribution in [3.05, 3.63) is 70.0 Å². The predicted molar refractivity (Wildman–Crippen MR) is 113 cm³/mol. The van der Waals surface area contributed by atoms with Crippen molar-refractivity contribution in [2.24, 2.45) is 0 Å². The molecule has 152 valence electrons. The van der Waals surface area contributed by atoms with Crippen molar-refractivity contribution < 1.29 is 19.1 Å². The van der Waals surface area contributed by atoms with Crippen molar-refractivity contribution in [1.82, 2.24) is 4.90 Å². The van der Waals surface area contributed by atoms with Gasteiger partial charge in [-0.25, -0.2) is 0 Å². The smallest absolute Gasteiger partial charge is 0.291 e. The summed E-state index contributed by atoms with van der Waals surface area (Å²) in [6.45, 7) is 7.02. The van der Waals surface area contributed by atoms with E-state index in [9.17, 15) is 9.90 Å². The number of hydrogen-bond donors (Lipinski definition) is 2. The standard InChI is InChI=1S/C22H24N2O4S/c1-14-15(2)29-22(23-21(26)18-7-4-10-28-18)19(14)20(24-8-11-27-12-9-24)16-5-3-6-17(25)13-16/h3-7,10,13,20,25H,8-9,11-12H2,1-2H3,(H,23,26). The topological polar surface area (TPSA) is 74.9 Å². The van der Waals surface area contributed by atoms with E-state index in [1.165, 1.54) is 6.26 Å². The maximum atomic E-state index is 12.7. The number of furan rings is 1. The number of nitrogens with zero attached hydrogens (tertiary/aromatic N) is 1. The molecule has 6 nitrogen and oxygen atoms in total. The molecular formula is C22H24N2O4S. The number of anilines is 1. The minimum Gasteiger partial charge on any atom is -0.508 e. The summed E-state index contributed by atoms with van der Waals surface area (Å²) in [5, 5.41) is 13.9. The van der Waals surface area contributed by atoms with Crippen LogP contribution in [0.4, 0.5) is 5.00 Å². The fraction of sp³-hybridized carbons (Fsp3) is 0.318. The maximum Gasteiger partial charge on any atom is 0.291 e. The molecule has 7 heteroatoms. The number of aryl methyl sites for hydroxylation is 1. The van der Waals surface area contributed by atoms with Crippen molar-refractivity contribution in [2.45, 2.75) is 19.9 Å². The van der Waals surface area contributed by atoms with Gasteiger partial charge in [-0.1, -0.05) is 12.1 Å². The molecule has 2 aromatic heterocycles. The molecule has 1 amide bonds. The number of morpholine rings is 1. The molecule has 1 aliphatic heterocycles. The van der Waals surface area contributed by atoms with E-state index in [0.717, 1.165) is 39.7 Å². The third-order valence-corrected chi connectivity index (χ3v) is 6.41. The van der Waals surface area contributed by atoms with Gasteiger partial charge in [0.1, 0.15) is 10.8 Å². The normalized spacial score (nSPS) is 15.9. The summed E-state index contributed by atoms with van der Waals surface area (Å²) >= 11 is 1.56. The van der Waals surface area contributed by atoms with Crippen LogP contribution in [0.2, 0.25) is 0 Å². The molecule has 29 heavy (non-hydrogen) atoms. The number of nitrogens with one attached hydrogen (secondary N) is 1. The van der Waals surface area contributed by atoms with Gasteiger partial charge in [-0.05, 0) is 49.2 Å². The third-order valence-electron chi connectivity index (χ3n) is 5.27. The molecule has 0 spiro atoms. The van der Waals surface area contributed by atoms with Crippen molar-refractivity contribution in [3.8, 4) is 5.75 Å². The maximum absolute atomic E-state index is 12.7. The zero-order valence-corrected chi connectivity index (χ0v) is 17.3. The van der Waals surface area contributed by atoms with Crippen molar-refractivity contribution in [2.75, 3.05) is 31.6 Å². The largest absolute Gasteiger partial charge is 0.508 e. The minimum atomic E-state index is -0.269. The molecule has 0 radical (unpaired) electrons. The molecule has 0 aliphatic carbocycles. The Kier molecular flexibility index (Phi) is 5.71. The summed E-state index contributed by atoms with van der Waals surface area (Å²) in [7, 11) is 0. The van der Waals surface area contributed by atoms with Crippen LogP contribution in [-0.2, 0) is 4.74 Å². The van der Waals surface area contributed by atoms with Gasteiger partial charge >= 0.3 is 0 Å². The SMILES string of the molecule is Cc1sc(NC(=O)c2ccco2)c(C(c2cccc(O)c2)N2CCOCC2)c1C. The first kappa shape index (κ1) is 19.7. The number of aromatic hydroxyl groups is 1. The van der Waals surface area contributed by atoms with Crippen LogP contribution >= 0.6 is 11.3 Å². The van der Waals surface area contributed by atoms with E-state index in [1.807, 2.05) is 12.1 Å². The number of hydrogen-bond acceptors (Lipinski definition) is 6. The first-order chi connectivity index (χ1) is 14.0. The molecular weight excluding hydrogens is 388 g/mol. The molecule has 3 aromatic rings. The second-order valence-electron chi connectivity index (χ2n) is 7.10. The van der Waals surface area contributed by atoms with E-state index < -0.39 is 0 Å². The molecule has 3 heterocycles. The average molecular weight is 413 g/mol. The fourth-order valence-corrected chi connectivity index (χ4v) is 4.82. The monoisotopic (exact) mass is 412 g/mol. The number of phenols is 1. The highest BCUT2D eigenvalue weighted by Crippen LogP contribution is 2.43. The summed E-state index contributed by atoms with van der Waals surface area (Å²) in [4.78, 5) is 16.2. The highest BCUT2D eigenvalue weighted by molar-refractivity contribution is 7.16. The molecule has 1 aliphatic rings. The zero-order chi connectivity index (χ0) is 20.4. The lowest BCUT2D eigenvalue weighted by Gasteiger charge is -2.35. The van der Waals surface area contributed by atoms with Crippen LogP contribution in [0.25, 0.3) is 0 Å². The molecule has 4 rings (SSSR count). The third kappa shape index (κ3) is 4.07. The number of carbonyl (C=O) groups excluding carboxylic acids is 1. The minimum absolute atomic E-state index is 0.0946. The van der Waals surface area contributed by atoms with E-state index in [1.54, 1.807) is 35.6 Å². The summed E-state index contributed by atoms with van der Waals surface area (Å²) in [5.74, 6) is 0.237. The molecule has 1 atom stereocenters. The average Bonchev–Trinajstić information content (AvgIpc) is 3.34. The molecule has 0 bridgehead atoms. The Balaban J connectivity index is 1.78. The summed E-state index contributed by atoms with van der Waals surface area (Å²) in [5.41, 5.74) is 3.19. The summed E-state index contributed by atoms with van der Waals surface area (Å²) < 4.78 is 10.8. The predicted octanol–water partition coefficient (Wildman–Crippen LogP) is 4.34. The summed E-state index contributed by atoms with van der Waals surface area (Å²) in [6, 6.07) is 10.6. The number of ether oxygens (including phenoxy) is 1. The van der Waals surface area contributed by atoms with Gasteiger partial charge in [0, 0.05) is 23.5 Å². The Hall–Kier alpha value is -2.61. The van der Waals surface area contributed by atoms with Gasteiger partial charge in [0.05, 0.1) is 25.5 Å². The van der Waals surface area contributed by atoms with Crippen LogP contribution in [0.1, 0.15) is 38.2 Å². The van der Waals surface area contributed by atoms with Crippen LogP contribution in [0.15, 0.2) is 47.1 Å². The van der Waals surface area contributed by atoms with E-state index in [2.05, 4.69) is 24.1 Å². The molecule has 1 saturated heterocycles. The Morgan fingerprint density at radius 2 is 2.00 bits per heavy atom. The molecule has 0 saturated carbocycles. The van der Waals surface area contributed by atoms with E-state index in [-0.39, 0.29) is 23.5 Å². The molecule has 1 unspecified atom stereocenters. The second-order valence-corrected chi connectivity index (χ2v) is 8.33. The highest BCUT2D eigenvalue weighted by atomic mass is 32.1. The number of rotatable bonds is 5. The van der Waals surface area contributed by atoms with Crippen molar-refractivity contribution in [1.29, 1.82) is 0 Å². The molecule has 2 N–H and O–H groups in total. The lowest BCUT2D eigenvalue weighted by atomic mass is 9.94. The number of amides is 1. The van der Waals surface area contributed by atoms with Gasteiger partial charge in [0.25, 0.3) is 5.91 Å². The van der Waals surface area contributed by atoms with E-state index in [4.69, 9.17) is 9.15 Å². The Bertz CT molecular complexity index is 990. The molecule has 1 aromatic carbocycles. The lowest BCUT2D eigenvalue weighted by Crippen LogP contribution is -2.39. The molecule has 1 fully saturated rings. The van der Waals surface area contributed by atoms with Gasteiger partial charge < -0.3 is 19.6 Å². The quantitative estimate of drug-likeness (QED) is 0.652. The first-order valence-corrected chi connectivity index (χ1v) is 10.4. The number of thiophene rings is 1. The number of benzene rings is 1. The highest BCUT2D eigenvalue weighted by Gasteiger charge is 2.31. The Morgan fingerprint density at radius 1 is 1.21 bits per heavy atom. The van der Waals surface area contributed by atoms with E-state index in [0.29, 0.717) is 13.2 Å². The van der Waals surface area contributed by atoms with Crippen molar-refractivity contribution >= 4 is 22.2 Å². The second kappa shape index (κ2) is 8.41. The Morgan fingerprint density at radius 3 is 2.69 bits per heavy atom. The van der Waals surface area contributed by atoms with Crippen molar-refractivity contribution in [3.63, 3.8) is 0 Å². The van der Waals surface area contributed by atoms with E-state index >= 15 is 0 Å². The van der Waals surface area contributed by atoms with Crippen LogP contribution in [0, 0.1) is 13.8 Å². The van der Waals surface area contributed by atoms with Crippen LogP contribution in [0.3, 0.4) is 0 Å². The summed E-state index contributed by atoms with van der Waals surface area (Å²) in [6.07, 6.45) is 1.49. The van der Waals surface area contributed by atoms with Gasteiger partial charge in [-0.2, -0.15) is 0 Å². The van der Waals surface area contributed by atoms with Crippen LogP contribution in [0.5, 0.6) is 5.75 Å². The van der Waals surface area contributed by atoms with Crippen LogP contribution in [-0.4, -0.2) is 42.2 Å².